The van der Waals surface area contributed by atoms with Crippen molar-refractivity contribution in [1.82, 2.24) is 4.90 Å². The molecule has 2 nitrogen and oxygen atoms in total. The number of amides is 1. The molecule has 0 aliphatic heterocycles. The van der Waals surface area contributed by atoms with Crippen LogP contribution in [0.4, 0.5) is 0 Å². The molecule has 0 heterocycles. The van der Waals surface area contributed by atoms with E-state index in [0.29, 0.717) is 23.7 Å². The van der Waals surface area contributed by atoms with Crippen molar-refractivity contribution >= 4 is 28.1 Å². The van der Waals surface area contributed by atoms with E-state index in [9.17, 15) is 4.79 Å². The van der Waals surface area contributed by atoms with Crippen molar-refractivity contribution in [2.75, 3.05) is 13.1 Å². The first-order chi connectivity index (χ1) is 10.7. The van der Waals surface area contributed by atoms with Crippen LogP contribution in [0.1, 0.15) is 25.0 Å². The summed E-state index contributed by atoms with van der Waals surface area (Å²) in [6.07, 6.45) is 0. The van der Waals surface area contributed by atoms with Crippen molar-refractivity contribution in [3.05, 3.63) is 71.8 Å². The topological polar surface area (TPSA) is 20.3 Å². The summed E-state index contributed by atoms with van der Waals surface area (Å²) in [6.45, 7) is 5.26. The van der Waals surface area contributed by atoms with Crippen LogP contribution in [0.2, 0.25) is 0 Å². The van der Waals surface area contributed by atoms with Gasteiger partial charge in [0.25, 0.3) is 5.91 Å². The number of nitrogens with zero attached hydrogens (tertiary/aromatic N) is 1. The second-order valence-corrected chi connectivity index (χ2v) is 5.28. The Hall–Kier alpha value is -2.06. The van der Waals surface area contributed by atoms with Crippen LogP contribution in [0.25, 0.3) is 10.6 Å². The zero-order chi connectivity index (χ0) is 15.9. The highest BCUT2D eigenvalue weighted by atomic mass is 35.5. The van der Waals surface area contributed by atoms with Crippen LogP contribution in [-0.2, 0) is 4.79 Å². The van der Waals surface area contributed by atoms with E-state index in [1.54, 1.807) is 4.90 Å². The average molecular weight is 314 g/mol. The van der Waals surface area contributed by atoms with Crippen molar-refractivity contribution in [2.45, 2.75) is 13.8 Å². The quantitative estimate of drug-likeness (QED) is 0.580. The molecule has 3 heteroatoms. The van der Waals surface area contributed by atoms with Gasteiger partial charge in [-0.25, -0.2) is 0 Å². The molecule has 1 amide bonds. The molecule has 0 fully saturated rings. The molecule has 0 spiro atoms. The maximum Gasteiger partial charge on any atom is 0.255 e. The fourth-order valence-electron chi connectivity index (χ4n) is 2.35. The predicted molar refractivity (Wildman–Crippen MR) is 93.5 cm³/mol. The Kier molecular flexibility index (Phi) is 5.79. The number of hydrogen-bond acceptors (Lipinski definition) is 1. The zero-order valence-corrected chi connectivity index (χ0v) is 13.7. The van der Waals surface area contributed by atoms with Gasteiger partial charge in [0.1, 0.15) is 0 Å². The highest BCUT2D eigenvalue weighted by Gasteiger charge is 2.21. The van der Waals surface area contributed by atoms with Crippen molar-refractivity contribution in [3.63, 3.8) is 0 Å². The molecule has 2 aromatic rings. The Morgan fingerprint density at radius 1 is 0.864 bits per heavy atom. The molecule has 0 bridgehead atoms. The van der Waals surface area contributed by atoms with Gasteiger partial charge in [-0.1, -0.05) is 72.3 Å². The molecular formula is C19H20ClNO. The first kappa shape index (κ1) is 16.3. The van der Waals surface area contributed by atoms with Crippen LogP contribution in [0.15, 0.2) is 60.7 Å². The SMILES string of the molecule is CCN(CC)C(=O)/C(=C(\Cl)c1ccccc1)c1ccccc1. The van der Waals surface area contributed by atoms with Gasteiger partial charge in [-0.2, -0.15) is 0 Å². The Labute approximate surface area is 137 Å². The Morgan fingerprint density at radius 2 is 1.32 bits per heavy atom. The molecule has 0 radical (unpaired) electrons. The average Bonchev–Trinajstić information content (AvgIpc) is 2.58. The third kappa shape index (κ3) is 3.58. The second kappa shape index (κ2) is 7.81. The number of carbonyl (C=O) groups excluding carboxylic acids is 1. The highest BCUT2D eigenvalue weighted by molar-refractivity contribution is 6.57. The molecule has 22 heavy (non-hydrogen) atoms. The van der Waals surface area contributed by atoms with E-state index in [-0.39, 0.29) is 5.91 Å². The van der Waals surface area contributed by atoms with E-state index in [2.05, 4.69) is 0 Å². The van der Waals surface area contributed by atoms with Gasteiger partial charge >= 0.3 is 0 Å². The van der Waals surface area contributed by atoms with E-state index in [1.807, 2.05) is 74.5 Å². The molecule has 0 aliphatic carbocycles. The summed E-state index contributed by atoms with van der Waals surface area (Å²) in [6, 6.07) is 19.2. The van der Waals surface area contributed by atoms with Gasteiger partial charge in [0.2, 0.25) is 0 Å². The fraction of sp³-hybridized carbons (Fsp3) is 0.211. The monoisotopic (exact) mass is 313 g/mol. The third-order valence-electron chi connectivity index (χ3n) is 3.57. The predicted octanol–water partition coefficient (Wildman–Crippen LogP) is 4.66. The zero-order valence-electron chi connectivity index (χ0n) is 12.9. The van der Waals surface area contributed by atoms with Gasteiger partial charge in [0, 0.05) is 13.1 Å². The molecule has 0 aliphatic rings. The van der Waals surface area contributed by atoms with Gasteiger partial charge in [0.15, 0.2) is 0 Å². The Balaban J connectivity index is 2.58. The Bertz CT molecular complexity index is 646. The highest BCUT2D eigenvalue weighted by Crippen LogP contribution is 2.31. The molecule has 0 unspecified atom stereocenters. The second-order valence-electron chi connectivity index (χ2n) is 4.90. The minimum absolute atomic E-state index is 0.0370. The van der Waals surface area contributed by atoms with Crippen molar-refractivity contribution in [3.8, 4) is 0 Å². The molecular weight excluding hydrogens is 294 g/mol. The number of benzene rings is 2. The maximum atomic E-state index is 12.9. The van der Waals surface area contributed by atoms with E-state index in [4.69, 9.17) is 11.6 Å². The van der Waals surface area contributed by atoms with Crippen LogP contribution in [0, 0.1) is 0 Å². The summed E-state index contributed by atoms with van der Waals surface area (Å²) in [5.41, 5.74) is 2.24. The van der Waals surface area contributed by atoms with Crippen molar-refractivity contribution in [1.29, 1.82) is 0 Å². The standard InChI is InChI=1S/C19H20ClNO/c1-3-21(4-2)19(22)17(15-11-7-5-8-12-15)18(20)16-13-9-6-10-14-16/h5-14H,3-4H2,1-2H3/b18-17-. The van der Waals surface area contributed by atoms with E-state index < -0.39 is 0 Å². The number of rotatable bonds is 5. The molecule has 2 aromatic carbocycles. The van der Waals surface area contributed by atoms with E-state index in [0.717, 1.165) is 11.1 Å². The lowest BCUT2D eigenvalue weighted by atomic mass is 10.0. The normalized spacial score (nSPS) is 11.8. The molecule has 0 N–H and O–H groups in total. The first-order valence-corrected chi connectivity index (χ1v) is 7.86. The lowest BCUT2D eigenvalue weighted by molar-refractivity contribution is -0.124. The van der Waals surface area contributed by atoms with Crippen LogP contribution >= 0.6 is 11.6 Å². The smallest absolute Gasteiger partial charge is 0.255 e. The number of hydrogen-bond donors (Lipinski definition) is 0. The summed E-state index contributed by atoms with van der Waals surface area (Å²) in [4.78, 5) is 14.7. The molecule has 0 saturated carbocycles. The summed E-state index contributed by atoms with van der Waals surface area (Å²) in [5, 5.41) is 0.490. The van der Waals surface area contributed by atoms with Gasteiger partial charge in [-0.3, -0.25) is 4.79 Å². The van der Waals surface area contributed by atoms with Crippen LogP contribution in [0.5, 0.6) is 0 Å². The molecule has 0 saturated heterocycles. The summed E-state index contributed by atoms with van der Waals surface area (Å²) in [5.74, 6) is -0.0370. The van der Waals surface area contributed by atoms with Gasteiger partial charge in [-0.15, -0.1) is 0 Å². The number of likely N-dealkylation sites (N-methyl/N-ethyl adjacent to an activating group) is 1. The van der Waals surface area contributed by atoms with E-state index in [1.165, 1.54) is 0 Å². The molecule has 0 aromatic heterocycles. The van der Waals surface area contributed by atoms with Crippen molar-refractivity contribution in [2.24, 2.45) is 0 Å². The molecule has 0 atom stereocenters. The van der Waals surface area contributed by atoms with Crippen LogP contribution in [0.3, 0.4) is 0 Å². The van der Waals surface area contributed by atoms with E-state index >= 15 is 0 Å². The minimum atomic E-state index is -0.0370. The van der Waals surface area contributed by atoms with Crippen LogP contribution in [-0.4, -0.2) is 23.9 Å². The lowest BCUT2D eigenvalue weighted by Crippen LogP contribution is -2.31. The molecule has 114 valence electrons. The first-order valence-electron chi connectivity index (χ1n) is 7.48. The van der Waals surface area contributed by atoms with Gasteiger partial charge < -0.3 is 4.90 Å². The summed E-state index contributed by atoms with van der Waals surface area (Å²) in [7, 11) is 0. The number of halogens is 1. The van der Waals surface area contributed by atoms with Crippen molar-refractivity contribution < 1.29 is 4.79 Å². The Morgan fingerprint density at radius 3 is 1.77 bits per heavy atom. The maximum absolute atomic E-state index is 12.9. The van der Waals surface area contributed by atoms with Crippen LogP contribution < -0.4 is 0 Å². The van der Waals surface area contributed by atoms with Gasteiger partial charge in [-0.05, 0) is 25.0 Å². The lowest BCUT2D eigenvalue weighted by Gasteiger charge is -2.22. The third-order valence-corrected chi connectivity index (χ3v) is 3.98. The minimum Gasteiger partial charge on any atom is -0.339 e. The number of carbonyl (C=O) groups is 1. The molecule has 2 rings (SSSR count). The summed E-state index contributed by atoms with van der Waals surface area (Å²) < 4.78 is 0. The van der Waals surface area contributed by atoms with Gasteiger partial charge in [0.05, 0.1) is 10.6 Å². The largest absolute Gasteiger partial charge is 0.339 e. The fourth-order valence-corrected chi connectivity index (χ4v) is 2.66. The summed E-state index contributed by atoms with van der Waals surface area (Å²) >= 11 is 6.59.